The highest BCUT2D eigenvalue weighted by Crippen LogP contribution is 2.07. The van der Waals surface area contributed by atoms with Crippen LogP contribution in [0.25, 0.3) is 0 Å². The van der Waals surface area contributed by atoms with Crippen molar-refractivity contribution in [3.63, 3.8) is 0 Å². The highest BCUT2D eigenvalue weighted by Gasteiger charge is 1.97. The van der Waals surface area contributed by atoms with Crippen molar-refractivity contribution in [2.45, 2.75) is 6.42 Å². The number of para-hydroxylation sites is 1. The number of likely N-dealkylation sites (N-methyl/N-ethyl adjacent to an activating group) is 1. The zero-order valence-corrected chi connectivity index (χ0v) is 9.36. The third-order valence-corrected chi connectivity index (χ3v) is 2.23. The Kier molecular flexibility index (Phi) is 5.81. The molecule has 3 nitrogen and oxygen atoms in total. The molecule has 3 heteroatoms. The minimum Gasteiger partial charge on any atom is -0.492 e. The molecule has 0 radical (unpaired) electrons. The second-order valence-electron chi connectivity index (χ2n) is 3.61. The van der Waals surface area contributed by atoms with Crippen molar-refractivity contribution >= 4 is 0 Å². The molecule has 1 aromatic carbocycles. The monoisotopic (exact) mass is 208 g/mol. The highest BCUT2D eigenvalue weighted by molar-refractivity contribution is 5.20. The minimum atomic E-state index is 0.727. The van der Waals surface area contributed by atoms with Crippen molar-refractivity contribution in [3.05, 3.63) is 30.3 Å². The number of benzene rings is 1. The first-order valence-electron chi connectivity index (χ1n) is 5.39. The maximum absolute atomic E-state index is 5.58. The molecule has 0 aliphatic heterocycles. The van der Waals surface area contributed by atoms with Crippen molar-refractivity contribution in [1.82, 2.24) is 4.90 Å². The van der Waals surface area contributed by atoms with Gasteiger partial charge in [-0.05, 0) is 38.7 Å². The van der Waals surface area contributed by atoms with Crippen LogP contribution in [0.1, 0.15) is 6.42 Å². The van der Waals surface area contributed by atoms with Gasteiger partial charge in [-0.2, -0.15) is 0 Å². The van der Waals surface area contributed by atoms with Crippen LogP contribution in [0.2, 0.25) is 0 Å². The van der Waals surface area contributed by atoms with Crippen LogP contribution in [-0.4, -0.2) is 38.2 Å². The lowest BCUT2D eigenvalue weighted by atomic mass is 10.3. The smallest absolute Gasteiger partial charge is 0.119 e. The zero-order valence-electron chi connectivity index (χ0n) is 9.36. The topological polar surface area (TPSA) is 38.5 Å². The van der Waals surface area contributed by atoms with Crippen LogP contribution in [-0.2, 0) is 0 Å². The van der Waals surface area contributed by atoms with Gasteiger partial charge in [0.25, 0.3) is 0 Å². The van der Waals surface area contributed by atoms with Crippen LogP contribution >= 0.6 is 0 Å². The Morgan fingerprint density at radius 1 is 1.20 bits per heavy atom. The van der Waals surface area contributed by atoms with E-state index >= 15 is 0 Å². The minimum absolute atomic E-state index is 0.727. The van der Waals surface area contributed by atoms with Gasteiger partial charge in [-0.3, -0.25) is 0 Å². The first kappa shape index (κ1) is 12.0. The Morgan fingerprint density at radius 2 is 1.93 bits per heavy atom. The lowest BCUT2D eigenvalue weighted by Gasteiger charge is -2.16. The number of nitrogens with zero attached hydrogens (tertiary/aromatic N) is 1. The molecule has 0 aromatic heterocycles. The van der Waals surface area contributed by atoms with Gasteiger partial charge in [0, 0.05) is 6.54 Å². The van der Waals surface area contributed by atoms with Crippen LogP contribution in [0.3, 0.4) is 0 Å². The molecule has 0 bridgehead atoms. The Labute approximate surface area is 91.8 Å². The Hall–Kier alpha value is -1.06. The van der Waals surface area contributed by atoms with Crippen molar-refractivity contribution in [2.24, 2.45) is 5.73 Å². The molecule has 1 rings (SSSR count). The summed E-state index contributed by atoms with van der Waals surface area (Å²) >= 11 is 0. The molecular weight excluding hydrogens is 188 g/mol. The van der Waals surface area contributed by atoms with Crippen LogP contribution < -0.4 is 10.5 Å². The largest absolute Gasteiger partial charge is 0.492 e. The number of nitrogens with two attached hydrogens (primary N) is 1. The SMILES string of the molecule is CN(CCCN)CCOc1ccccc1. The predicted octanol–water partition coefficient (Wildman–Crippen LogP) is 1.35. The van der Waals surface area contributed by atoms with E-state index in [0.29, 0.717) is 0 Å². The van der Waals surface area contributed by atoms with Crippen molar-refractivity contribution < 1.29 is 4.74 Å². The summed E-state index contributed by atoms with van der Waals surface area (Å²) < 4.78 is 5.58. The molecule has 0 spiro atoms. The van der Waals surface area contributed by atoms with Gasteiger partial charge in [-0.15, -0.1) is 0 Å². The standard InChI is InChI=1S/C12H20N2O/c1-14(9-5-8-13)10-11-15-12-6-3-2-4-7-12/h2-4,6-7H,5,8-11,13H2,1H3. The quantitative estimate of drug-likeness (QED) is 0.735. The number of hydrogen-bond donors (Lipinski definition) is 1. The molecule has 0 atom stereocenters. The normalized spacial score (nSPS) is 10.6. The van der Waals surface area contributed by atoms with Gasteiger partial charge in [0.15, 0.2) is 0 Å². The molecule has 0 aliphatic rings. The van der Waals surface area contributed by atoms with Crippen LogP contribution in [0, 0.1) is 0 Å². The van der Waals surface area contributed by atoms with E-state index in [9.17, 15) is 0 Å². The van der Waals surface area contributed by atoms with Gasteiger partial charge >= 0.3 is 0 Å². The number of ether oxygens (including phenoxy) is 1. The molecule has 2 N–H and O–H groups in total. The average molecular weight is 208 g/mol. The molecule has 84 valence electrons. The summed E-state index contributed by atoms with van der Waals surface area (Å²) in [7, 11) is 2.09. The fourth-order valence-corrected chi connectivity index (χ4v) is 1.31. The van der Waals surface area contributed by atoms with E-state index in [1.165, 1.54) is 0 Å². The Bertz CT molecular complexity index is 251. The van der Waals surface area contributed by atoms with E-state index in [1.807, 2.05) is 30.3 Å². The third kappa shape index (κ3) is 5.40. The third-order valence-electron chi connectivity index (χ3n) is 2.23. The summed E-state index contributed by atoms with van der Waals surface area (Å²) in [4.78, 5) is 2.23. The fourth-order valence-electron chi connectivity index (χ4n) is 1.31. The molecule has 15 heavy (non-hydrogen) atoms. The van der Waals surface area contributed by atoms with Gasteiger partial charge in [0.1, 0.15) is 12.4 Å². The van der Waals surface area contributed by atoms with E-state index in [0.717, 1.165) is 38.4 Å². The van der Waals surface area contributed by atoms with Crippen molar-refractivity contribution in [1.29, 1.82) is 0 Å². The molecular formula is C12H20N2O. The van der Waals surface area contributed by atoms with Crippen molar-refractivity contribution in [3.8, 4) is 5.75 Å². The maximum atomic E-state index is 5.58. The van der Waals surface area contributed by atoms with Crippen LogP contribution in [0.4, 0.5) is 0 Å². The molecule has 1 aromatic rings. The van der Waals surface area contributed by atoms with Gasteiger partial charge in [0.2, 0.25) is 0 Å². The number of rotatable bonds is 7. The van der Waals surface area contributed by atoms with E-state index in [-0.39, 0.29) is 0 Å². The van der Waals surface area contributed by atoms with Crippen LogP contribution in [0.5, 0.6) is 5.75 Å². The van der Waals surface area contributed by atoms with Gasteiger partial charge < -0.3 is 15.4 Å². The molecule has 0 amide bonds. The van der Waals surface area contributed by atoms with Gasteiger partial charge in [-0.25, -0.2) is 0 Å². The summed E-state index contributed by atoms with van der Waals surface area (Å²) in [5, 5.41) is 0. The molecule has 0 saturated heterocycles. The lowest BCUT2D eigenvalue weighted by Crippen LogP contribution is -2.26. The molecule has 0 heterocycles. The zero-order chi connectivity index (χ0) is 10.9. The fraction of sp³-hybridized carbons (Fsp3) is 0.500. The van der Waals surface area contributed by atoms with E-state index < -0.39 is 0 Å². The summed E-state index contributed by atoms with van der Waals surface area (Å²) in [6, 6.07) is 9.89. The average Bonchev–Trinajstić information content (AvgIpc) is 2.28. The first-order valence-corrected chi connectivity index (χ1v) is 5.39. The van der Waals surface area contributed by atoms with Crippen LogP contribution in [0.15, 0.2) is 30.3 Å². The van der Waals surface area contributed by atoms with E-state index in [1.54, 1.807) is 0 Å². The predicted molar refractivity (Wildman–Crippen MR) is 63.1 cm³/mol. The summed E-state index contributed by atoms with van der Waals surface area (Å²) in [6.45, 7) is 3.46. The highest BCUT2D eigenvalue weighted by atomic mass is 16.5. The van der Waals surface area contributed by atoms with Crippen molar-refractivity contribution in [2.75, 3.05) is 33.3 Å². The van der Waals surface area contributed by atoms with E-state index in [4.69, 9.17) is 10.5 Å². The summed E-state index contributed by atoms with van der Waals surface area (Å²) in [6.07, 6.45) is 1.04. The van der Waals surface area contributed by atoms with Gasteiger partial charge in [-0.1, -0.05) is 18.2 Å². The second-order valence-corrected chi connectivity index (χ2v) is 3.61. The Morgan fingerprint density at radius 3 is 2.60 bits per heavy atom. The molecule has 0 aliphatic carbocycles. The molecule has 0 fully saturated rings. The van der Waals surface area contributed by atoms with E-state index in [2.05, 4.69) is 11.9 Å². The number of hydrogen-bond acceptors (Lipinski definition) is 3. The first-order chi connectivity index (χ1) is 7.33. The summed E-state index contributed by atoms with van der Waals surface area (Å²) in [5.41, 5.74) is 5.44. The molecule has 0 unspecified atom stereocenters. The second kappa shape index (κ2) is 7.26. The molecule has 0 saturated carbocycles. The summed E-state index contributed by atoms with van der Waals surface area (Å²) in [5.74, 6) is 0.935. The van der Waals surface area contributed by atoms with Gasteiger partial charge in [0.05, 0.1) is 0 Å². The lowest BCUT2D eigenvalue weighted by molar-refractivity contribution is 0.236. The maximum Gasteiger partial charge on any atom is 0.119 e. The Balaban J connectivity index is 2.11.